The number of thiol groups is 1. The van der Waals surface area contributed by atoms with E-state index >= 15 is 0 Å². The van der Waals surface area contributed by atoms with Crippen LogP contribution in [0.4, 0.5) is 0 Å². The van der Waals surface area contributed by atoms with Crippen LogP contribution in [0, 0.1) is 5.92 Å². The molecule has 0 aliphatic rings. The second kappa shape index (κ2) is 9.76. The molecule has 0 aliphatic heterocycles. The Kier molecular flexibility index (Phi) is 9.68. The lowest BCUT2D eigenvalue weighted by atomic mass is 9.80. The second-order valence-corrected chi connectivity index (χ2v) is 5.94. The largest absolute Gasteiger partial charge is 0.394 e. The zero-order valence-corrected chi connectivity index (χ0v) is 13.5. The van der Waals surface area contributed by atoms with Crippen molar-refractivity contribution in [1.29, 1.82) is 0 Å². The number of carbonyl (C=O) groups excluding carboxylic acids is 1. The minimum Gasteiger partial charge on any atom is -0.394 e. The molecule has 0 rings (SSSR count). The molecule has 0 amide bonds. The van der Waals surface area contributed by atoms with Crippen LogP contribution < -0.4 is 0 Å². The summed E-state index contributed by atoms with van der Waals surface area (Å²) in [5, 5.41) is 47.4. The highest BCUT2D eigenvalue weighted by molar-refractivity contribution is 7.96. The van der Waals surface area contributed by atoms with Gasteiger partial charge in [0.1, 0.15) is 18.3 Å². The minimum absolute atomic E-state index is 0.0147. The van der Waals surface area contributed by atoms with Crippen LogP contribution in [0.25, 0.3) is 0 Å². The normalized spacial score (nSPS) is 20.4. The molecular weight excluding hydrogens is 296 g/mol. The van der Waals surface area contributed by atoms with E-state index in [2.05, 4.69) is 12.6 Å². The van der Waals surface area contributed by atoms with Gasteiger partial charge >= 0.3 is 0 Å². The molecule has 5 N–H and O–H groups in total. The predicted octanol–water partition coefficient (Wildman–Crippen LogP) is -0.145. The highest BCUT2D eigenvalue weighted by Crippen LogP contribution is 2.30. The van der Waals surface area contributed by atoms with E-state index in [1.807, 2.05) is 13.8 Å². The number of aliphatic hydroxyl groups excluding tert-OH is 4. The molecule has 0 spiro atoms. The van der Waals surface area contributed by atoms with Crippen molar-refractivity contribution in [3.05, 3.63) is 0 Å². The van der Waals surface area contributed by atoms with E-state index in [9.17, 15) is 25.2 Å². The summed E-state index contributed by atoms with van der Waals surface area (Å²) >= 11 is 3.61. The summed E-state index contributed by atoms with van der Waals surface area (Å²) in [6, 6.07) is 0. The van der Waals surface area contributed by atoms with Crippen LogP contribution in [0.15, 0.2) is 0 Å². The van der Waals surface area contributed by atoms with Crippen molar-refractivity contribution in [1.82, 2.24) is 0 Å². The Balaban J connectivity index is 5.09. The van der Waals surface area contributed by atoms with Gasteiger partial charge in [-0.1, -0.05) is 39.5 Å². The Morgan fingerprint density at radius 2 is 1.81 bits per heavy atom. The third-order valence-electron chi connectivity index (χ3n) is 3.91. The molecule has 0 radical (unpaired) electrons. The fourth-order valence-corrected chi connectivity index (χ4v) is 2.54. The molecule has 1 unspecified atom stereocenters. The smallest absolute Gasteiger partial charge is 0.220 e. The summed E-state index contributed by atoms with van der Waals surface area (Å²) in [5.41, 5.74) is -2.26. The third-order valence-corrected chi connectivity index (χ3v) is 4.29. The first kappa shape index (κ1) is 20.8. The predicted molar refractivity (Wildman–Crippen MR) is 82.0 cm³/mol. The summed E-state index contributed by atoms with van der Waals surface area (Å²) in [7, 11) is 0. The van der Waals surface area contributed by atoms with Crippen molar-refractivity contribution in [3.63, 3.8) is 0 Å². The van der Waals surface area contributed by atoms with E-state index in [0.29, 0.717) is 6.42 Å². The van der Waals surface area contributed by atoms with E-state index in [4.69, 9.17) is 5.11 Å². The molecule has 21 heavy (non-hydrogen) atoms. The van der Waals surface area contributed by atoms with Gasteiger partial charge in [0.15, 0.2) is 5.60 Å². The fraction of sp³-hybridized carbons (Fsp3) is 0.929. The van der Waals surface area contributed by atoms with E-state index in [0.717, 1.165) is 19.3 Å². The van der Waals surface area contributed by atoms with Gasteiger partial charge in [0, 0.05) is 0 Å². The summed E-state index contributed by atoms with van der Waals surface area (Å²) in [6.07, 6.45) is -2.07. The monoisotopic (exact) mass is 324 g/mol. The van der Waals surface area contributed by atoms with Gasteiger partial charge in [0.25, 0.3) is 0 Å². The molecule has 5 atom stereocenters. The van der Waals surface area contributed by atoms with Gasteiger partial charge in [-0.15, -0.1) is 12.6 Å². The summed E-state index contributed by atoms with van der Waals surface area (Å²) in [4.78, 5) is 11.6. The molecule has 0 heterocycles. The highest BCUT2D eigenvalue weighted by Gasteiger charge is 2.47. The lowest BCUT2D eigenvalue weighted by Crippen LogP contribution is -2.57. The van der Waals surface area contributed by atoms with Crippen molar-refractivity contribution < 1.29 is 30.3 Å². The van der Waals surface area contributed by atoms with Crippen LogP contribution in [0.5, 0.6) is 0 Å². The Morgan fingerprint density at radius 1 is 1.24 bits per heavy atom. The molecule has 6 nitrogen and oxygen atoms in total. The first-order chi connectivity index (χ1) is 9.74. The summed E-state index contributed by atoms with van der Waals surface area (Å²) < 4.78 is 0. The Labute approximate surface area is 131 Å². The van der Waals surface area contributed by atoms with Gasteiger partial charge in [0.05, 0.1) is 6.61 Å². The number of unbranched alkanes of at least 4 members (excludes halogenated alkanes) is 1. The Morgan fingerprint density at radius 3 is 2.19 bits per heavy atom. The maximum absolute atomic E-state index is 11.6. The quantitative estimate of drug-likeness (QED) is 0.294. The van der Waals surface area contributed by atoms with Gasteiger partial charge in [-0.25, -0.2) is 0 Å². The molecule has 0 saturated carbocycles. The van der Waals surface area contributed by atoms with Gasteiger partial charge in [-0.3, -0.25) is 4.79 Å². The average molecular weight is 324 g/mol. The highest BCUT2D eigenvalue weighted by atomic mass is 32.1. The van der Waals surface area contributed by atoms with Crippen LogP contribution in [0.2, 0.25) is 0 Å². The lowest BCUT2D eigenvalue weighted by Gasteiger charge is -2.36. The summed E-state index contributed by atoms with van der Waals surface area (Å²) in [5.74, 6) is -0.0147. The number of rotatable bonds is 11. The number of hydrogen-bond donors (Lipinski definition) is 6. The molecular formula is C14H28O6S. The second-order valence-electron chi connectivity index (χ2n) is 5.54. The fourth-order valence-electron chi connectivity index (χ4n) is 2.32. The van der Waals surface area contributed by atoms with Crippen molar-refractivity contribution in [2.75, 3.05) is 6.61 Å². The third kappa shape index (κ3) is 5.84. The number of aliphatic hydroxyl groups is 5. The number of carbonyl (C=O) groups is 1. The van der Waals surface area contributed by atoms with Gasteiger partial charge in [0.2, 0.25) is 5.12 Å². The summed E-state index contributed by atoms with van der Waals surface area (Å²) in [6.45, 7) is 3.15. The molecule has 0 fully saturated rings. The molecule has 0 bridgehead atoms. The van der Waals surface area contributed by atoms with Crippen molar-refractivity contribution in [2.45, 2.75) is 69.9 Å². The molecule has 0 aliphatic carbocycles. The van der Waals surface area contributed by atoms with Gasteiger partial charge in [-0.05, 0) is 12.3 Å². The van der Waals surface area contributed by atoms with Crippen LogP contribution in [-0.2, 0) is 4.79 Å². The number of hydrogen-bond acceptors (Lipinski definition) is 6. The van der Waals surface area contributed by atoms with E-state index < -0.39 is 35.6 Å². The van der Waals surface area contributed by atoms with Crippen LogP contribution in [-0.4, -0.2) is 61.2 Å². The van der Waals surface area contributed by atoms with Crippen LogP contribution >= 0.6 is 12.6 Å². The maximum Gasteiger partial charge on any atom is 0.220 e. The van der Waals surface area contributed by atoms with Crippen molar-refractivity contribution in [3.8, 4) is 0 Å². The standard InChI is InChI=1S/C14H28O6S/c1-3-5-6-9(4-2)7-14(20,13(19)21)12(18)11(17)10(16)8-15/h9-12,15-18,20H,3-8H2,1-2H3,(H,19,21)/t9?,10-,11-,12+,14-/m1/s1. The molecule has 126 valence electrons. The molecule has 0 aromatic rings. The van der Waals surface area contributed by atoms with Crippen molar-refractivity contribution in [2.24, 2.45) is 5.92 Å². The van der Waals surface area contributed by atoms with Crippen molar-refractivity contribution >= 4 is 17.7 Å². The van der Waals surface area contributed by atoms with Crippen LogP contribution in [0.3, 0.4) is 0 Å². The van der Waals surface area contributed by atoms with E-state index in [-0.39, 0.29) is 12.3 Å². The minimum atomic E-state index is -2.26. The SMILES string of the molecule is CCCCC(CC)C[C@](O)(C(=O)S)[C@@H](O)[C@H](O)[C@H](O)CO. The van der Waals surface area contributed by atoms with E-state index in [1.54, 1.807) is 0 Å². The Bertz CT molecular complexity index is 314. The maximum atomic E-state index is 11.6. The first-order valence-corrected chi connectivity index (χ1v) is 7.80. The van der Waals surface area contributed by atoms with Gasteiger partial charge < -0.3 is 25.5 Å². The van der Waals surface area contributed by atoms with Gasteiger partial charge in [-0.2, -0.15) is 0 Å². The average Bonchev–Trinajstić information content (AvgIpc) is 2.48. The molecule has 7 heteroatoms. The van der Waals surface area contributed by atoms with Crippen LogP contribution in [0.1, 0.15) is 46.0 Å². The van der Waals surface area contributed by atoms with E-state index in [1.165, 1.54) is 0 Å². The first-order valence-electron chi connectivity index (χ1n) is 7.35. The Hall–Kier alpha value is -0.180. The topological polar surface area (TPSA) is 118 Å². The molecule has 0 aromatic carbocycles. The molecule has 0 aromatic heterocycles. The molecule has 0 saturated heterocycles. The zero-order valence-electron chi connectivity index (χ0n) is 12.6. The zero-order chi connectivity index (χ0) is 16.6. The lowest BCUT2D eigenvalue weighted by molar-refractivity contribution is -0.172.